The minimum atomic E-state index is 0.621. The maximum atomic E-state index is 5.54. The Bertz CT molecular complexity index is 594. The second-order valence-corrected chi connectivity index (χ2v) is 4.43. The number of hydrogen-bond acceptors (Lipinski definition) is 4. The van der Waals surface area contributed by atoms with Crippen LogP contribution < -0.4 is 9.47 Å². The third-order valence-electron chi connectivity index (χ3n) is 2.90. The predicted molar refractivity (Wildman–Crippen MR) is 90.4 cm³/mol. The van der Waals surface area contributed by atoms with Crippen LogP contribution in [0.1, 0.15) is 25.0 Å². The minimum absolute atomic E-state index is 0.621. The Morgan fingerprint density at radius 1 is 0.727 bits per heavy atom. The second-order valence-electron chi connectivity index (χ2n) is 4.43. The molecule has 0 saturated heterocycles. The smallest absolute Gasteiger partial charge is 0.128 e. The van der Waals surface area contributed by atoms with Crippen molar-refractivity contribution in [2.24, 2.45) is 10.2 Å². The van der Waals surface area contributed by atoms with Gasteiger partial charge in [0.15, 0.2) is 0 Å². The van der Waals surface area contributed by atoms with Crippen LogP contribution in [0.3, 0.4) is 0 Å². The third-order valence-corrected chi connectivity index (χ3v) is 2.90. The summed E-state index contributed by atoms with van der Waals surface area (Å²) in [6.45, 7) is 5.15. The van der Waals surface area contributed by atoms with Crippen molar-refractivity contribution in [1.82, 2.24) is 0 Å². The standard InChI is InChI=1S/C18H20N2O2/c1-3-21-17-11-7-5-9-15(17)13-19-20-14-16-10-6-8-12-18(16)22-4-2/h5-14H,3-4H2,1-2H3/b19-13+,20-14+. The molecule has 2 aromatic carbocycles. The van der Waals surface area contributed by atoms with Crippen LogP contribution in [0.25, 0.3) is 0 Å². The molecule has 0 N–H and O–H groups in total. The summed E-state index contributed by atoms with van der Waals surface area (Å²) in [7, 11) is 0. The molecule has 0 saturated carbocycles. The number of benzene rings is 2. The third kappa shape index (κ3) is 4.45. The van der Waals surface area contributed by atoms with Crippen LogP contribution in [0.2, 0.25) is 0 Å². The highest BCUT2D eigenvalue weighted by atomic mass is 16.5. The molecule has 22 heavy (non-hydrogen) atoms. The normalized spacial score (nSPS) is 11.2. The summed E-state index contributed by atoms with van der Waals surface area (Å²) in [4.78, 5) is 0. The summed E-state index contributed by atoms with van der Waals surface area (Å²) in [5, 5.41) is 8.18. The second kappa shape index (κ2) is 8.62. The van der Waals surface area contributed by atoms with E-state index in [9.17, 15) is 0 Å². The molecule has 0 heterocycles. The van der Waals surface area contributed by atoms with E-state index in [4.69, 9.17) is 9.47 Å². The van der Waals surface area contributed by atoms with Gasteiger partial charge in [-0.25, -0.2) is 0 Å². The molecule has 0 aromatic heterocycles. The van der Waals surface area contributed by atoms with Gasteiger partial charge in [0.1, 0.15) is 11.5 Å². The fraction of sp³-hybridized carbons (Fsp3) is 0.222. The zero-order chi connectivity index (χ0) is 15.6. The van der Waals surface area contributed by atoms with Crippen molar-refractivity contribution in [3.05, 3.63) is 59.7 Å². The maximum absolute atomic E-state index is 5.54. The Balaban J connectivity index is 2.09. The molecule has 4 heteroatoms. The van der Waals surface area contributed by atoms with Gasteiger partial charge in [0, 0.05) is 11.1 Å². The van der Waals surface area contributed by atoms with Gasteiger partial charge in [-0.2, -0.15) is 10.2 Å². The molecule has 0 bridgehead atoms. The molecule has 0 fully saturated rings. The summed E-state index contributed by atoms with van der Waals surface area (Å²) in [6.07, 6.45) is 3.37. The fourth-order valence-electron chi connectivity index (χ4n) is 1.94. The van der Waals surface area contributed by atoms with E-state index < -0.39 is 0 Å². The molecule has 0 unspecified atom stereocenters. The van der Waals surface area contributed by atoms with Crippen LogP contribution in [0.5, 0.6) is 11.5 Å². The molecule has 2 rings (SSSR count). The van der Waals surface area contributed by atoms with Crippen LogP contribution in [0, 0.1) is 0 Å². The molecule has 4 nitrogen and oxygen atoms in total. The van der Waals surface area contributed by atoms with Gasteiger partial charge in [0.25, 0.3) is 0 Å². The average molecular weight is 296 g/mol. The van der Waals surface area contributed by atoms with Crippen molar-refractivity contribution >= 4 is 12.4 Å². The van der Waals surface area contributed by atoms with Crippen molar-refractivity contribution in [2.75, 3.05) is 13.2 Å². The topological polar surface area (TPSA) is 43.2 Å². The van der Waals surface area contributed by atoms with E-state index >= 15 is 0 Å². The van der Waals surface area contributed by atoms with Crippen molar-refractivity contribution in [2.45, 2.75) is 13.8 Å². The molecular formula is C18H20N2O2. The molecule has 0 radical (unpaired) electrons. The van der Waals surface area contributed by atoms with Crippen LogP contribution in [-0.4, -0.2) is 25.6 Å². The van der Waals surface area contributed by atoms with Crippen molar-refractivity contribution in [1.29, 1.82) is 0 Å². The highest BCUT2D eigenvalue weighted by molar-refractivity contribution is 5.86. The van der Waals surface area contributed by atoms with Crippen molar-refractivity contribution in [3.8, 4) is 11.5 Å². The molecule has 0 aliphatic carbocycles. The zero-order valence-corrected chi connectivity index (χ0v) is 12.9. The molecule has 0 aliphatic rings. The van der Waals surface area contributed by atoms with E-state index in [0.717, 1.165) is 22.6 Å². The van der Waals surface area contributed by atoms with Crippen LogP contribution in [0.15, 0.2) is 58.7 Å². The summed E-state index contributed by atoms with van der Waals surface area (Å²) < 4.78 is 11.1. The number of rotatable bonds is 7. The van der Waals surface area contributed by atoms with Crippen LogP contribution in [0.4, 0.5) is 0 Å². The lowest BCUT2D eigenvalue weighted by molar-refractivity contribution is 0.339. The first-order chi connectivity index (χ1) is 10.8. The molecule has 2 aromatic rings. The Morgan fingerprint density at radius 2 is 1.14 bits per heavy atom. The van der Waals surface area contributed by atoms with E-state index in [2.05, 4.69) is 10.2 Å². The quantitative estimate of drug-likeness (QED) is 0.574. The number of hydrogen-bond donors (Lipinski definition) is 0. The van der Waals surface area contributed by atoms with Gasteiger partial charge in [-0.3, -0.25) is 0 Å². The lowest BCUT2D eigenvalue weighted by Crippen LogP contribution is -1.96. The number of nitrogens with zero attached hydrogens (tertiary/aromatic N) is 2. The van der Waals surface area contributed by atoms with Gasteiger partial charge in [0.2, 0.25) is 0 Å². The van der Waals surface area contributed by atoms with E-state index in [1.807, 2.05) is 62.4 Å². The first-order valence-corrected chi connectivity index (χ1v) is 7.35. The lowest BCUT2D eigenvalue weighted by Gasteiger charge is -2.05. The summed E-state index contributed by atoms with van der Waals surface area (Å²) in [5.74, 6) is 1.61. The van der Waals surface area contributed by atoms with Gasteiger partial charge in [-0.1, -0.05) is 24.3 Å². The van der Waals surface area contributed by atoms with Crippen molar-refractivity contribution in [3.63, 3.8) is 0 Å². The van der Waals surface area contributed by atoms with Crippen molar-refractivity contribution < 1.29 is 9.47 Å². The number of ether oxygens (including phenoxy) is 2. The van der Waals surface area contributed by atoms with Gasteiger partial charge in [-0.15, -0.1) is 0 Å². The van der Waals surface area contributed by atoms with E-state index in [1.54, 1.807) is 12.4 Å². The largest absolute Gasteiger partial charge is 0.493 e. The van der Waals surface area contributed by atoms with E-state index in [0.29, 0.717) is 13.2 Å². The van der Waals surface area contributed by atoms with E-state index in [1.165, 1.54) is 0 Å². The monoisotopic (exact) mass is 296 g/mol. The van der Waals surface area contributed by atoms with Crippen LogP contribution >= 0.6 is 0 Å². The van der Waals surface area contributed by atoms with Gasteiger partial charge >= 0.3 is 0 Å². The fourth-order valence-corrected chi connectivity index (χ4v) is 1.94. The van der Waals surface area contributed by atoms with Gasteiger partial charge in [0.05, 0.1) is 25.6 Å². The first-order valence-electron chi connectivity index (χ1n) is 7.35. The SMILES string of the molecule is CCOc1ccccc1/C=N/N=C/c1ccccc1OCC. The number of para-hydroxylation sites is 2. The summed E-state index contributed by atoms with van der Waals surface area (Å²) in [5.41, 5.74) is 1.80. The predicted octanol–water partition coefficient (Wildman–Crippen LogP) is 3.94. The molecular weight excluding hydrogens is 276 g/mol. The summed E-state index contributed by atoms with van der Waals surface area (Å²) in [6, 6.07) is 15.5. The van der Waals surface area contributed by atoms with Crippen LogP contribution in [-0.2, 0) is 0 Å². The van der Waals surface area contributed by atoms with E-state index in [-0.39, 0.29) is 0 Å². The highest BCUT2D eigenvalue weighted by Gasteiger charge is 1.99. The average Bonchev–Trinajstić information content (AvgIpc) is 2.55. The van der Waals surface area contributed by atoms with Gasteiger partial charge < -0.3 is 9.47 Å². The maximum Gasteiger partial charge on any atom is 0.128 e. The highest BCUT2D eigenvalue weighted by Crippen LogP contribution is 2.17. The molecule has 0 aliphatic heterocycles. The Kier molecular flexibility index (Phi) is 6.18. The molecule has 0 atom stereocenters. The first kappa shape index (κ1) is 15.8. The molecule has 114 valence electrons. The zero-order valence-electron chi connectivity index (χ0n) is 12.9. The molecule has 0 spiro atoms. The Morgan fingerprint density at radius 3 is 1.55 bits per heavy atom. The Labute approximate surface area is 131 Å². The Hall–Kier alpha value is -2.62. The van der Waals surface area contributed by atoms with Gasteiger partial charge in [-0.05, 0) is 38.1 Å². The minimum Gasteiger partial charge on any atom is -0.493 e. The summed E-state index contributed by atoms with van der Waals surface area (Å²) >= 11 is 0. The lowest BCUT2D eigenvalue weighted by atomic mass is 10.2. The molecule has 0 amide bonds.